The van der Waals surface area contributed by atoms with Crippen LogP contribution in [0.25, 0.3) is 0 Å². The van der Waals surface area contributed by atoms with E-state index in [4.69, 9.17) is 0 Å². The molecule has 0 saturated heterocycles. The molecule has 0 bridgehead atoms. The number of aryl methyl sites for hydroxylation is 1. The summed E-state index contributed by atoms with van der Waals surface area (Å²) in [5.41, 5.74) is 0.436. The predicted molar refractivity (Wildman–Crippen MR) is 78.1 cm³/mol. The fourth-order valence-corrected chi connectivity index (χ4v) is 1.99. The molecule has 1 aliphatic rings. The van der Waals surface area contributed by atoms with Crippen LogP contribution in [-0.2, 0) is 19.8 Å². The quantitative estimate of drug-likeness (QED) is 0.866. The summed E-state index contributed by atoms with van der Waals surface area (Å²) in [6.07, 6.45) is -1.17. The highest BCUT2D eigenvalue weighted by atomic mass is 19.4. The third-order valence-electron chi connectivity index (χ3n) is 3.47. The number of pyridine rings is 1. The van der Waals surface area contributed by atoms with E-state index in [0.717, 1.165) is 17.5 Å². The van der Waals surface area contributed by atoms with E-state index in [-0.39, 0.29) is 24.3 Å². The van der Waals surface area contributed by atoms with Crippen molar-refractivity contribution in [3.8, 4) is 0 Å². The van der Waals surface area contributed by atoms with Crippen molar-refractivity contribution in [2.24, 2.45) is 7.05 Å². The number of hydrogen-bond acceptors (Lipinski definition) is 5. The van der Waals surface area contributed by atoms with Gasteiger partial charge in [0.05, 0.1) is 12.1 Å². The first-order valence-electron chi connectivity index (χ1n) is 7.31. The van der Waals surface area contributed by atoms with Gasteiger partial charge in [0.1, 0.15) is 11.6 Å². The molecule has 0 aliphatic heterocycles. The van der Waals surface area contributed by atoms with Crippen molar-refractivity contribution < 1.29 is 18.0 Å². The average Bonchev–Trinajstić information content (AvgIpc) is 3.25. The molecule has 3 rings (SSSR count). The predicted octanol–water partition coefficient (Wildman–Crippen LogP) is 1.73. The van der Waals surface area contributed by atoms with Gasteiger partial charge < -0.3 is 10.6 Å². The van der Waals surface area contributed by atoms with Crippen molar-refractivity contribution in [1.82, 2.24) is 25.1 Å². The number of nitrogens with zero attached hydrogens (tertiary/aromatic N) is 4. The molecule has 2 heterocycles. The van der Waals surface area contributed by atoms with Crippen LogP contribution in [0.4, 0.5) is 19.0 Å². The number of nitrogens with one attached hydrogen (secondary N) is 2. The van der Waals surface area contributed by atoms with E-state index < -0.39 is 12.0 Å². The van der Waals surface area contributed by atoms with Crippen molar-refractivity contribution in [3.63, 3.8) is 0 Å². The molecular formula is C14H15F3N6O. The molecule has 128 valence electrons. The summed E-state index contributed by atoms with van der Waals surface area (Å²) in [5.74, 6) is -0.810. The molecule has 1 fully saturated rings. The molecule has 0 atom stereocenters. The lowest BCUT2D eigenvalue weighted by Gasteiger charge is -2.06. The van der Waals surface area contributed by atoms with Crippen LogP contribution in [0.3, 0.4) is 0 Å². The molecule has 2 aromatic heterocycles. The lowest BCUT2D eigenvalue weighted by molar-refractivity contribution is -0.145. The van der Waals surface area contributed by atoms with Crippen LogP contribution < -0.4 is 10.6 Å². The van der Waals surface area contributed by atoms with Gasteiger partial charge in [-0.3, -0.25) is 9.48 Å². The SMILES string of the molecule is Cn1nc(C(F)(F)F)nc1CNc1ccc(C(=O)NC2CC2)cn1. The highest BCUT2D eigenvalue weighted by molar-refractivity contribution is 5.94. The van der Waals surface area contributed by atoms with Gasteiger partial charge in [-0.2, -0.15) is 13.2 Å². The Morgan fingerprint density at radius 3 is 2.67 bits per heavy atom. The number of anilines is 1. The summed E-state index contributed by atoms with van der Waals surface area (Å²) in [7, 11) is 1.39. The van der Waals surface area contributed by atoms with E-state index >= 15 is 0 Å². The molecule has 10 heteroatoms. The molecule has 2 aromatic rings. The van der Waals surface area contributed by atoms with Gasteiger partial charge in [0.25, 0.3) is 11.7 Å². The number of halogens is 3. The third-order valence-corrected chi connectivity index (χ3v) is 3.47. The number of alkyl halides is 3. The van der Waals surface area contributed by atoms with Gasteiger partial charge in [-0.05, 0) is 25.0 Å². The van der Waals surface area contributed by atoms with Gasteiger partial charge >= 0.3 is 6.18 Å². The topological polar surface area (TPSA) is 84.7 Å². The summed E-state index contributed by atoms with van der Waals surface area (Å²) in [6.45, 7) is 0.0280. The fraction of sp³-hybridized carbons (Fsp3) is 0.429. The Hall–Kier alpha value is -2.65. The lowest BCUT2D eigenvalue weighted by Crippen LogP contribution is -2.25. The van der Waals surface area contributed by atoms with Gasteiger partial charge in [-0.15, -0.1) is 5.10 Å². The van der Waals surface area contributed by atoms with Crippen LogP contribution >= 0.6 is 0 Å². The molecule has 0 spiro atoms. The molecule has 7 nitrogen and oxygen atoms in total. The maximum absolute atomic E-state index is 12.6. The third kappa shape index (κ3) is 3.81. The molecule has 0 unspecified atom stereocenters. The number of amides is 1. The second kappa shape index (κ2) is 6.10. The molecule has 2 N–H and O–H groups in total. The first-order chi connectivity index (χ1) is 11.3. The van der Waals surface area contributed by atoms with Gasteiger partial charge in [-0.1, -0.05) is 0 Å². The average molecular weight is 340 g/mol. The number of rotatable bonds is 5. The normalized spacial score (nSPS) is 14.5. The van der Waals surface area contributed by atoms with E-state index in [1.54, 1.807) is 12.1 Å². The van der Waals surface area contributed by atoms with Crippen molar-refractivity contribution in [2.45, 2.75) is 31.6 Å². The summed E-state index contributed by atoms with van der Waals surface area (Å²) < 4.78 is 38.7. The number of carbonyl (C=O) groups excluding carboxylic acids is 1. The first kappa shape index (κ1) is 16.2. The van der Waals surface area contributed by atoms with Crippen LogP contribution in [0, 0.1) is 0 Å². The Morgan fingerprint density at radius 1 is 1.38 bits per heavy atom. The Labute approximate surface area is 135 Å². The molecule has 1 amide bonds. The zero-order valence-electron chi connectivity index (χ0n) is 12.8. The minimum atomic E-state index is -4.58. The number of carbonyl (C=O) groups is 1. The van der Waals surface area contributed by atoms with E-state index in [0.29, 0.717) is 11.4 Å². The van der Waals surface area contributed by atoms with E-state index in [1.165, 1.54) is 13.2 Å². The Morgan fingerprint density at radius 2 is 2.12 bits per heavy atom. The van der Waals surface area contributed by atoms with Crippen molar-refractivity contribution in [1.29, 1.82) is 0 Å². The summed E-state index contributed by atoms with van der Waals surface area (Å²) >= 11 is 0. The summed E-state index contributed by atoms with van der Waals surface area (Å²) in [5, 5.41) is 9.03. The highest BCUT2D eigenvalue weighted by Gasteiger charge is 2.36. The van der Waals surface area contributed by atoms with Gasteiger partial charge in [0, 0.05) is 19.3 Å². The molecular weight excluding hydrogens is 325 g/mol. The second-order valence-corrected chi connectivity index (χ2v) is 5.51. The van der Waals surface area contributed by atoms with Gasteiger partial charge in [-0.25, -0.2) is 9.97 Å². The van der Waals surface area contributed by atoms with Crippen molar-refractivity contribution >= 4 is 11.7 Å². The summed E-state index contributed by atoms with van der Waals surface area (Å²) in [6, 6.07) is 3.45. The van der Waals surface area contributed by atoms with Gasteiger partial charge in [0.15, 0.2) is 0 Å². The van der Waals surface area contributed by atoms with E-state index in [9.17, 15) is 18.0 Å². The van der Waals surface area contributed by atoms with Crippen LogP contribution in [0.15, 0.2) is 18.3 Å². The molecule has 0 radical (unpaired) electrons. The lowest BCUT2D eigenvalue weighted by atomic mass is 10.2. The zero-order valence-corrected chi connectivity index (χ0v) is 12.8. The maximum atomic E-state index is 12.6. The van der Waals surface area contributed by atoms with Crippen molar-refractivity contribution in [2.75, 3.05) is 5.32 Å². The number of aromatic nitrogens is 4. The zero-order chi connectivity index (χ0) is 17.3. The van der Waals surface area contributed by atoms with E-state index in [2.05, 4.69) is 25.7 Å². The Kier molecular flexibility index (Phi) is 4.12. The first-order valence-corrected chi connectivity index (χ1v) is 7.31. The Balaban J connectivity index is 1.60. The monoisotopic (exact) mass is 340 g/mol. The fourth-order valence-electron chi connectivity index (χ4n) is 1.99. The molecule has 1 saturated carbocycles. The van der Waals surface area contributed by atoms with Crippen molar-refractivity contribution in [3.05, 3.63) is 35.5 Å². The second-order valence-electron chi connectivity index (χ2n) is 5.51. The van der Waals surface area contributed by atoms with Crippen LogP contribution in [-0.4, -0.2) is 31.7 Å². The molecule has 0 aromatic carbocycles. The Bertz CT molecular complexity index is 736. The largest absolute Gasteiger partial charge is 0.453 e. The van der Waals surface area contributed by atoms with E-state index in [1.807, 2.05) is 0 Å². The minimum absolute atomic E-state index is 0.0280. The number of hydrogen-bond donors (Lipinski definition) is 2. The molecule has 1 aliphatic carbocycles. The summed E-state index contributed by atoms with van der Waals surface area (Å²) in [4.78, 5) is 19.4. The maximum Gasteiger partial charge on any atom is 0.453 e. The van der Waals surface area contributed by atoms with Crippen LogP contribution in [0.2, 0.25) is 0 Å². The van der Waals surface area contributed by atoms with Crippen LogP contribution in [0.5, 0.6) is 0 Å². The standard InChI is InChI=1S/C14H15F3N6O/c1-23-11(21-13(22-23)14(15,16)17)7-19-10-5-2-8(6-18-10)12(24)20-9-3-4-9/h2,5-6,9H,3-4,7H2,1H3,(H,18,19)(H,20,24). The van der Waals surface area contributed by atoms with Gasteiger partial charge in [0.2, 0.25) is 0 Å². The van der Waals surface area contributed by atoms with Crippen LogP contribution in [0.1, 0.15) is 34.8 Å². The minimum Gasteiger partial charge on any atom is -0.363 e. The smallest absolute Gasteiger partial charge is 0.363 e. The highest BCUT2D eigenvalue weighted by Crippen LogP contribution is 2.26. The molecule has 24 heavy (non-hydrogen) atoms.